The summed E-state index contributed by atoms with van der Waals surface area (Å²) >= 11 is 0. The molecule has 214 valence electrons. The maximum absolute atomic E-state index is 14.6. The fraction of sp³-hybridized carbons (Fsp3) is 0.686. The van der Waals surface area contributed by atoms with Crippen LogP contribution in [0, 0.1) is 56.2 Å². The smallest absolute Gasteiger partial charge is 0.222 e. The second kappa shape index (κ2) is 7.39. The predicted molar refractivity (Wildman–Crippen MR) is 152 cm³/mol. The first-order chi connectivity index (χ1) is 19.2. The van der Waals surface area contributed by atoms with Gasteiger partial charge in [0.1, 0.15) is 6.07 Å². The van der Waals surface area contributed by atoms with Crippen molar-refractivity contribution in [1.82, 2.24) is 10.2 Å². The third-order valence-corrected chi connectivity index (χ3v) is 13.6. The van der Waals surface area contributed by atoms with Gasteiger partial charge < -0.3 is 4.42 Å². The van der Waals surface area contributed by atoms with Gasteiger partial charge in [-0.05, 0) is 80.3 Å². The molecule has 0 radical (unpaired) electrons. The molecule has 0 saturated heterocycles. The number of allylic oxidation sites excluding steroid dienone is 6. The topological polar surface area (TPSA) is 96.8 Å². The monoisotopic (exact) mass is 551 g/mol. The Morgan fingerprint density at radius 3 is 2.44 bits per heavy atom. The molecule has 6 nitrogen and oxygen atoms in total. The molecule has 0 amide bonds. The maximum atomic E-state index is 14.6. The minimum absolute atomic E-state index is 0.0594. The van der Waals surface area contributed by atoms with Gasteiger partial charge in [0.15, 0.2) is 11.6 Å². The van der Waals surface area contributed by atoms with E-state index in [4.69, 9.17) is 4.42 Å². The second-order valence-electron chi connectivity index (χ2n) is 16.3. The van der Waals surface area contributed by atoms with Gasteiger partial charge >= 0.3 is 0 Å². The van der Waals surface area contributed by atoms with Crippen LogP contribution in [0.15, 0.2) is 39.4 Å². The lowest BCUT2D eigenvalue weighted by Gasteiger charge is -2.65. The number of aromatic nitrogens is 2. The molecular formula is C35H41N3O3. The highest BCUT2D eigenvalue weighted by atomic mass is 16.4. The van der Waals surface area contributed by atoms with Gasteiger partial charge in [-0.3, -0.25) is 9.59 Å². The van der Waals surface area contributed by atoms with E-state index in [1.165, 1.54) is 5.57 Å². The summed E-state index contributed by atoms with van der Waals surface area (Å²) in [4.78, 5) is 27.9. The van der Waals surface area contributed by atoms with Crippen molar-refractivity contribution in [3.8, 4) is 6.07 Å². The quantitative estimate of drug-likeness (QED) is 0.369. The Kier molecular flexibility index (Phi) is 4.66. The largest absolute Gasteiger partial charge is 0.424 e. The van der Waals surface area contributed by atoms with Crippen LogP contribution in [-0.2, 0) is 15.0 Å². The molecule has 0 aromatic carbocycles. The van der Waals surface area contributed by atoms with E-state index < -0.39 is 10.8 Å². The number of nitrogens with zero attached hydrogens (tertiary/aromatic N) is 3. The third-order valence-electron chi connectivity index (χ3n) is 13.6. The van der Waals surface area contributed by atoms with Crippen LogP contribution in [0.25, 0.3) is 0 Å². The molecule has 0 bridgehead atoms. The summed E-state index contributed by atoms with van der Waals surface area (Å²) in [7, 11) is 0. The molecule has 0 N–H and O–H groups in total. The zero-order valence-electron chi connectivity index (χ0n) is 25.3. The summed E-state index contributed by atoms with van der Waals surface area (Å²) < 4.78 is 6.30. The molecule has 7 aliphatic rings. The van der Waals surface area contributed by atoms with Gasteiger partial charge in [-0.15, -0.1) is 10.2 Å². The van der Waals surface area contributed by atoms with Crippen molar-refractivity contribution >= 4 is 11.6 Å². The predicted octanol–water partition coefficient (Wildman–Crippen LogP) is 6.95. The van der Waals surface area contributed by atoms with E-state index in [-0.39, 0.29) is 56.6 Å². The van der Waals surface area contributed by atoms with Gasteiger partial charge in [-0.2, -0.15) is 5.26 Å². The van der Waals surface area contributed by atoms with Gasteiger partial charge in [-0.25, -0.2) is 0 Å². The lowest BCUT2D eigenvalue weighted by atomic mass is 9.37. The zero-order chi connectivity index (χ0) is 29.0. The summed E-state index contributed by atoms with van der Waals surface area (Å²) in [6.45, 7) is 13.3. The third kappa shape index (κ3) is 2.94. The number of Topliss-reactive ketones (excluding diaryl/α,β-unsaturated/α-hetero) is 1. The minimum Gasteiger partial charge on any atom is -0.424 e. The van der Waals surface area contributed by atoms with Gasteiger partial charge in [0.25, 0.3) is 0 Å². The number of carbonyl (C=O) groups is 2. The molecule has 4 saturated carbocycles. The van der Waals surface area contributed by atoms with Crippen molar-refractivity contribution in [3.05, 3.63) is 46.7 Å². The highest BCUT2D eigenvalue weighted by Gasteiger charge is 2.75. The van der Waals surface area contributed by atoms with Crippen LogP contribution in [0.2, 0.25) is 0 Å². The maximum Gasteiger partial charge on any atom is 0.222 e. The fourth-order valence-corrected chi connectivity index (χ4v) is 11.1. The molecule has 0 aliphatic heterocycles. The van der Waals surface area contributed by atoms with Gasteiger partial charge in [-0.1, -0.05) is 59.3 Å². The summed E-state index contributed by atoms with van der Waals surface area (Å²) in [5, 5.41) is 18.9. The molecule has 4 fully saturated rings. The van der Waals surface area contributed by atoms with Crippen LogP contribution >= 0.6 is 0 Å². The lowest BCUT2D eigenvalue weighted by molar-refractivity contribution is -0.141. The molecule has 1 aromatic rings. The van der Waals surface area contributed by atoms with Crippen molar-refractivity contribution < 1.29 is 14.0 Å². The van der Waals surface area contributed by atoms with Crippen molar-refractivity contribution in [3.63, 3.8) is 0 Å². The van der Waals surface area contributed by atoms with Crippen LogP contribution in [0.1, 0.15) is 111 Å². The van der Waals surface area contributed by atoms with E-state index in [9.17, 15) is 14.9 Å². The van der Waals surface area contributed by atoms with Crippen molar-refractivity contribution in [2.75, 3.05) is 0 Å². The Labute approximate surface area is 242 Å². The van der Waals surface area contributed by atoms with Crippen LogP contribution in [-0.4, -0.2) is 21.8 Å². The van der Waals surface area contributed by atoms with Crippen LogP contribution in [0.5, 0.6) is 0 Å². The highest BCUT2D eigenvalue weighted by Crippen LogP contribution is 2.81. The van der Waals surface area contributed by atoms with Crippen LogP contribution in [0.3, 0.4) is 0 Å². The normalized spacial score (nSPS) is 47.3. The van der Waals surface area contributed by atoms with E-state index in [1.54, 1.807) is 0 Å². The molecule has 1 unspecified atom stereocenters. The van der Waals surface area contributed by atoms with Gasteiger partial charge in [0, 0.05) is 38.9 Å². The first-order valence-corrected chi connectivity index (χ1v) is 15.7. The van der Waals surface area contributed by atoms with Crippen molar-refractivity contribution in [1.29, 1.82) is 5.26 Å². The number of rotatable bonds is 2. The molecule has 6 heteroatoms. The summed E-state index contributed by atoms with van der Waals surface area (Å²) in [6, 6.07) is 2.21. The summed E-state index contributed by atoms with van der Waals surface area (Å²) in [5.74, 6) is 2.35. The standard InChI is InChI=1S/C35H41N3O3/c1-30(2)24-9-10-34(6)25(33(24,5)14-20(18-36)27(30)40)13-23(39)26-22-17-32(4,29-38-37-28(41-29)19-7-8-19)12-11-31(22,3)15-21-16-35(21,26)34/h13-14,16,19,22,24,26H,7-12,15,17H2,1-6H3/t22?,24-,26-,31+,32-,33-,34+,35+/m0/s1. The fourth-order valence-electron chi connectivity index (χ4n) is 11.1. The first-order valence-electron chi connectivity index (χ1n) is 15.7. The number of nitriles is 1. The van der Waals surface area contributed by atoms with Crippen LogP contribution in [0.4, 0.5) is 0 Å². The minimum atomic E-state index is -0.645. The molecular weight excluding hydrogens is 510 g/mol. The van der Waals surface area contributed by atoms with Crippen LogP contribution < -0.4 is 0 Å². The molecule has 1 heterocycles. The molecule has 41 heavy (non-hydrogen) atoms. The Morgan fingerprint density at radius 2 is 1.73 bits per heavy atom. The molecule has 1 aromatic heterocycles. The molecule has 7 aliphatic carbocycles. The molecule has 1 spiro atoms. The van der Waals surface area contributed by atoms with Crippen molar-refractivity contribution in [2.45, 2.75) is 104 Å². The Morgan fingerprint density at radius 1 is 0.976 bits per heavy atom. The van der Waals surface area contributed by atoms with Crippen molar-refractivity contribution in [2.24, 2.45) is 44.8 Å². The Bertz CT molecular complexity index is 1580. The van der Waals surface area contributed by atoms with E-state index in [0.29, 0.717) is 5.92 Å². The SMILES string of the molecule is CC1(C)C(=O)C(C#N)=C[C@]2(C)C3=CC(=O)[C@@H]4C5C[C@@](C)(c6nnc(C7CC7)o6)CC[C@]5(C)CC5=C[C@@]54[C@]3(C)CC[C@@H]12. The lowest BCUT2D eigenvalue weighted by Crippen LogP contribution is -2.62. The average molecular weight is 552 g/mol. The van der Waals surface area contributed by atoms with E-state index >= 15 is 0 Å². The van der Waals surface area contributed by atoms with Gasteiger partial charge in [0.05, 0.1) is 5.57 Å². The Hall–Kier alpha value is -2.81. The van der Waals surface area contributed by atoms with Gasteiger partial charge in [0.2, 0.25) is 11.8 Å². The van der Waals surface area contributed by atoms with E-state index in [2.05, 4.69) is 50.0 Å². The summed E-state index contributed by atoms with van der Waals surface area (Å²) in [6.07, 6.45) is 14.5. The number of fused-ring (bicyclic) bond motifs is 5. The Balaban J connectivity index is 1.23. The number of hydrogen-bond donors (Lipinski definition) is 0. The summed E-state index contributed by atoms with van der Waals surface area (Å²) in [5.41, 5.74) is 1.10. The number of carbonyl (C=O) groups excluding carboxylic acids is 2. The average Bonchev–Trinajstić information content (AvgIpc) is 3.83. The zero-order valence-corrected chi connectivity index (χ0v) is 25.3. The van der Waals surface area contributed by atoms with E-state index in [1.807, 2.05) is 26.0 Å². The second-order valence-corrected chi connectivity index (χ2v) is 16.3. The highest BCUT2D eigenvalue weighted by molar-refractivity contribution is 6.05. The van der Waals surface area contributed by atoms with E-state index in [0.717, 1.165) is 68.7 Å². The molecule has 8 atom stereocenters. The molecule has 8 rings (SSSR count). The first kappa shape index (κ1) is 25.9. The number of ketones is 2. The number of hydrogen-bond acceptors (Lipinski definition) is 6.